The molecule has 63 heavy (non-hydrogen) atoms. The first-order valence-electron chi connectivity index (χ1n) is 18.1. The second-order valence-corrected chi connectivity index (χ2v) is 11.4. The van der Waals surface area contributed by atoms with Crippen molar-refractivity contribution >= 4 is 18.2 Å². The quantitative estimate of drug-likeness (QED) is 0.0343. The Balaban J connectivity index is 0.000000618. The summed E-state index contributed by atoms with van der Waals surface area (Å²) in [5, 5.41) is 16.7. The highest BCUT2D eigenvalue weighted by atomic mass is 19.2. The number of aliphatic hydroxyl groups is 2. The fourth-order valence-electron chi connectivity index (χ4n) is 4.29. The lowest BCUT2D eigenvalue weighted by molar-refractivity contribution is 0.00230. The Kier molecular flexibility index (Phi) is 27.8. The summed E-state index contributed by atoms with van der Waals surface area (Å²) >= 11 is 0. The van der Waals surface area contributed by atoms with E-state index in [9.17, 15) is 57.1 Å². The van der Waals surface area contributed by atoms with Crippen molar-refractivity contribution in [3.63, 3.8) is 0 Å². The number of aliphatic hydroxyl groups excluding tert-OH is 2. The summed E-state index contributed by atoms with van der Waals surface area (Å²) in [5.74, 6) is -25.5. The Hall–Kier alpha value is -4.75. The second-order valence-electron chi connectivity index (χ2n) is 11.4. The molecule has 0 aliphatic rings. The topological polar surface area (TPSA) is 114 Å². The van der Waals surface area contributed by atoms with Crippen LogP contribution in [0.25, 0.3) is 18.2 Å². The smallest absolute Gasteiger partial charge is 0.204 e. The lowest BCUT2D eigenvalue weighted by Gasteiger charge is -2.12. The van der Waals surface area contributed by atoms with E-state index in [0.717, 1.165) is 0 Å². The maximum Gasteiger partial charge on any atom is 0.204 e. The van der Waals surface area contributed by atoms with Crippen LogP contribution in [0.1, 0.15) is 16.7 Å². The molecule has 0 aromatic heterocycles. The first kappa shape index (κ1) is 56.3. The van der Waals surface area contributed by atoms with Gasteiger partial charge in [0.25, 0.3) is 0 Å². The van der Waals surface area contributed by atoms with Crippen LogP contribution < -0.4 is 9.47 Å². The first-order valence-corrected chi connectivity index (χ1v) is 18.1. The Morgan fingerprint density at radius 2 is 0.476 bits per heavy atom. The van der Waals surface area contributed by atoms with Gasteiger partial charge in [0.1, 0.15) is 13.2 Å². The Bertz CT molecular complexity index is 1720. The van der Waals surface area contributed by atoms with Gasteiger partial charge in [-0.2, -0.15) is 17.6 Å². The molecule has 0 fully saturated rings. The van der Waals surface area contributed by atoms with Gasteiger partial charge in [0.05, 0.1) is 109 Å². The van der Waals surface area contributed by atoms with Gasteiger partial charge in [0, 0.05) is 0 Å². The minimum atomic E-state index is -2.17. The maximum absolute atomic E-state index is 13.8. The van der Waals surface area contributed by atoms with Gasteiger partial charge in [-0.15, -0.1) is 0 Å². The fourth-order valence-corrected chi connectivity index (χ4v) is 4.29. The molecule has 0 spiro atoms. The van der Waals surface area contributed by atoms with Gasteiger partial charge in [-0.25, -0.2) is 39.5 Å². The largest absolute Gasteiger partial charge is 0.485 e. The van der Waals surface area contributed by atoms with Gasteiger partial charge in [0.15, 0.2) is 58.0 Å². The highest BCUT2D eigenvalue weighted by Crippen LogP contribution is 2.32. The molecule has 0 saturated carbocycles. The van der Waals surface area contributed by atoms with Gasteiger partial charge >= 0.3 is 0 Å². The standard InChI is InChI=1S/C24H22F8O5.C8H3F5.C8H18O5/c1-3-13-15(25)19(29)23(20(30)16(13)26)36-11-9-34-7-5-33-6-8-35-10-12-37-24-21(31)17(27)14(4-2)18(28)22(24)32;1-2-3-4(9)6(11)8(13)7(12)5(3)10;9-1-3-11-5-7-13-8-6-12-4-2-10/h3-4H,1-2,5-12H2;2H,1H2;9-10H,1-8H2. The molecule has 0 radical (unpaired) electrons. The van der Waals surface area contributed by atoms with E-state index < -0.39 is 117 Å². The van der Waals surface area contributed by atoms with Crippen LogP contribution in [0.3, 0.4) is 0 Å². The Morgan fingerprint density at radius 3 is 0.698 bits per heavy atom. The molecule has 3 aromatic rings. The van der Waals surface area contributed by atoms with Crippen molar-refractivity contribution in [3.05, 3.63) is 112 Å². The monoisotopic (exact) mass is 930 g/mol. The molecule has 0 bridgehead atoms. The van der Waals surface area contributed by atoms with E-state index >= 15 is 0 Å². The normalized spacial score (nSPS) is 10.8. The average Bonchev–Trinajstić information content (AvgIpc) is 3.27. The van der Waals surface area contributed by atoms with Gasteiger partial charge in [-0.1, -0.05) is 38.0 Å². The third kappa shape index (κ3) is 17.7. The zero-order chi connectivity index (χ0) is 47.5. The lowest BCUT2D eigenvalue weighted by Crippen LogP contribution is -2.15. The lowest BCUT2D eigenvalue weighted by atomic mass is 10.1. The zero-order valence-corrected chi connectivity index (χ0v) is 33.2. The molecular weight excluding hydrogens is 887 g/mol. The van der Waals surface area contributed by atoms with E-state index in [1.165, 1.54) is 0 Å². The van der Waals surface area contributed by atoms with Crippen LogP contribution in [0.15, 0.2) is 19.7 Å². The van der Waals surface area contributed by atoms with E-state index in [1.54, 1.807) is 0 Å². The molecule has 3 aromatic carbocycles. The summed E-state index contributed by atoms with van der Waals surface area (Å²) in [4.78, 5) is 0. The summed E-state index contributed by atoms with van der Waals surface area (Å²) in [5.41, 5.74) is -2.91. The Morgan fingerprint density at radius 1 is 0.286 bits per heavy atom. The average molecular weight is 931 g/mol. The van der Waals surface area contributed by atoms with Gasteiger partial charge < -0.3 is 48.1 Å². The molecule has 0 atom stereocenters. The molecule has 0 amide bonds. The van der Waals surface area contributed by atoms with Crippen LogP contribution in [-0.4, -0.2) is 116 Å². The van der Waals surface area contributed by atoms with Gasteiger partial charge in [0.2, 0.25) is 29.1 Å². The molecule has 10 nitrogen and oxygen atoms in total. The minimum absolute atomic E-state index is 0.0337. The molecular formula is C40H43F13O10. The zero-order valence-electron chi connectivity index (χ0n) is 33.2. The van der Waals surface area contributed by atoms with Crippen molar-refractivity contribution in [2.75, 3.05) is 106 Å². The van der Waals surface area contributed by atoms with E-state index in [2.05, 4.69) is 19.7 Å². The SMILES string of the molecule is C=Cc1c(F)c(F)c(F)c(F)c1F.C=Cc1c(F)c(F)c(OCCOCCOCCOCCOc2c(F)c(F)c(C=C)c(F)c2F)c(F)c1F.OCCOCCOCCOCCO. The number of hydrogen-bond donors (Lipinski definition) is 2. The summed E-state index contributed by atoms with van der Waals surface area (Å²) in [7, 11) is 0. The summed E-state index contributed by atoms with van der Waals surface area (Å²) in [6.45, 7) is 10.9. The molecule has 354 valence electrons. The number of rotatable bonds is 27. The van der Waals surface area contributed by atoms with Gasteiger partial charge in [-0.05, 0) is 0 Å². The van der Waals surface area contributed by atoms with Crippen LogP contribution in [0.4, 0.5) is 57.1 Å². The third-order valence-electron chi connectivity index (χ3n) is 7.28. The van der Waals surface area contributed by atoms with Crippen molar-refractivity contribution in [1.82, 2.24) is 0 Å². The molecule has 0 heterocycles. The number of halogens is 13. The van der Waals surface area contributed by atoms with Gasteiger partial charge in [-0.3, -0.25) is 0 Å². The van der Waals surface area contributed by atoms with Crippen LogP contribution in [0.5, 0.6) is 11.5 Å². The van der Waals surface area contributed by atoms with Crippen molar-refractivity contribution in [2.24, 2.45) is 0 Å². The highest BCUT2D eigenvalue weighted by molar-refractivity contribution is 5.53. The number of ether oxygens (including phenoxy) is 8. The molecule has 2 N–H and O–H groups in total. The van der Waals surface area contributed by atoms with E-state index in [4.69, 9.17) is 48.1 Å². The van der Waals surface area contributed by atoms with Crippen LogP contribution >= 0.6 is 0 Å². The van der Waals surface area contributed by atoms with Crippen molar-refractivity contribution in [2.45, 2.75) is 0 Å². The van der Waals surface area contributed by atoms with E-state index in [0.29, 0.717) is 57.9 Å². The van der Waals surface area contributed by atoms with E-state index in [-0.39, 0.29) is 52.9 Å². The Labute approximate surface area is 352 Å². The molecule has 0 saturated heterocycles. The highest BCUT2D eigenvalue weighted by Gasteiger charge is 2.27. The molecule has 3 rings (SSSR count). The molecule has 0 aliphatic heterocycles. The van der Waals surface area contributed by atoms with Crippen molar-refractivity contribution < 1.29 is 105 Å². The molecule has 0 unspecified atom stereocenters. The van der Waals surface area contributed by atoms with Crippen molar-refractivity contribution in [3.8, 4) is 11.5 Å². The summed E-state index contributed by atoms with van der Waals surface area (Å²) in [6, 6.07) is 0. The van der Waals surface area contributed by atoms with E-state index in [1.807, 2.05) is 0 Å². The fraction of sp³-hybridized carbons (Fsp3) is 0.400. The van der Waals surface area contributed by atoms with Crippen LogP contribution in [0, 0.1) is 75.6 Å². The number of benzene rings is 3. The maximum atomic E-state index is 13.8. The summed E-state index contributed by atoms with van der Waals surface area (Å²) in [6.07, 6.45) is 1.84. The summed E-state index contributed by atoms with van der Waals surface area (Å²) < 4.78 is 212. The first-order chi connectivity index (χ1) is 30.1. The second kappa shape index (κ2) is 31.2. The number of hydrogen-bond acceptors (Lipinski definition) is 10. The third-order valence-corrected chi connectivity index (χ3v) is 7.28. The predicted octanol–water partition coefficient (Wildman–Crippen LogP) is 7.64. The molecule has 23 heteroatoms. The predicted molar refractivity (Wildman–Crippen MR) is 199 cm³/mol. The minimum Gasteiger partial charge on any atom is -0.485 e. The van der Waals surface area contributed by atoms with Crippen LogP contribution in [0.2, 0.25) is 0 Å². The molecule has 0 aliphatic carbocycles. The van der Waals surface area contributed by atoms with Crippen LogP contribution in [-0.2, 0) is 28.4 Å². The van der Waals surface area contributed by atoms with Crippen molar-refractivity contribution in [1.29, 1.82) is 0 Å².